The van der Waals surface area contributed by atoms with Crippen LogP contribution in [0, 0.1) is 10.1 Å². The van der Waals surface area contributed by atoms with E-state index in [1.54, 1.807) is 12.1 Å². The van der Waals surface area contributed by atoms with Crippen molar-refractivity contribution in [3.8, 4) is 0 Å². The summed E-state index contributed by atoms with van der Waals surface area (Å²) in [6.45, 7) is 4.64. The Bertz CT molecular complexity index is 969. The van der Waals surface area contributed by atoms with Crippen LogP contribution < -0.4 is 9.80 Å². The van der Waals surface area contributed by atoms with Crippen LogP contribution in [0.1, 0.15) is 5.56 Å². The highest BCUT2D eigenvalue weighted by atomic mass is 35.5. The third kappa shape index (κ3) is 3.86. The first-order valence-electron chi connectivity index (χ1n) is 8.97. The van der Waals surface area contributed by atoms with Crippen LogP contribution in [0.2, 0.25) is 5.15 Å². The van der Waals surface area contributed by atoms with Crippen molar-refractivity contribution in [1.82, 2.24) is 4.98 Å². The lowest BCUT2D eigenvalue weighted by Crippen LogP contribution is -3.13. The van der Waals surface area contributed by atoms with Gasteiger partial charge in [0.15, 0.2) is 0 Å². The number of pyridine rings is 1. The Balaban J connectivity index is 1.41. The van der Waals surface area contributed by atoms with Crippen LogP contribution in [0.4, 0.5) is 11.4 Å². The first-order chi connectivity index (χ1) is 13.1. The summed E-state index contributed by atoms with van der Waals surface area (Å²) >= 11 is 6.40. The Hall–Kier alpha value is -2.70. The summed E-state index contributed by atoms with van der Waals surface area (Å²) in [4.78, 5) is 18.7. The molecule has 0 aliphatic carbocycles. The monoisotopic (exact) mass is 383 g/mol. The molecule has 6 nitrogen and oxygen atoms in total. The predicted molar refractivity (Wildman–Crippen MR) is 106 cm³/mol. The van der Waals surface area contributed by atoms with Crippen molar-refractivity contribution >= 4 is 33.9 Å². The van der Waals surface area contributed by atoms with Gasteiger partial charge in [0.25, 0.3) is 5.69 Å². The Kier molecular flexibility index (Phi) is 4.92. The number of quaternary nitrogens is 1. The van der Waals surface area contributed by atoms with Gasteiger partial charge in [0.05, 0.1) is 36.6 Å². The van der Waals surface area contributed by atoms with Gasteiger partial charge in [-0.1, -0.05) is 29.8 Å². The topological polar surface area (TPSA) is 63.7 Å². The Labute approximate surface area is 162 Å². The summed E-state index contributed by atoms with van der Waals surface area (Å²) in [6.07, 6.45) is 0. The molecule has 0 saturated carbocycles. The number of piperazine rings is 1. The number of non-ortho nitro benzene ring substituents is 1. The second-order valence-electron chi connectivity index (χ2n) is 6.82. The molecule has 2 heterocycles. The van der Waals surface area contributed by atoms with Crippen LogP contribution in [0.15, 0.2) is 54.6 Å². The highest BCUT2D eigenvalue weighted by molar-refractivity contribution is 6.30. The van der Waals surface area contributed by atoms with Gasteiger partial charge < -0.3 is 9.80 Å². The molecule has 2 aromatic carbocycles. The molecule has 4 rings (SSSR count). The average molecular weight is 384 g/mol. The summed E-state index contributed by atoms with van der Waals surface area (Å²) < 4.78 is 0. The molecule has 0 amide bonds. The number of fused-ring (bicyclic) bond motifs is 1. The van der Waals surface area contributed by atoms with E-state index in [4.69, 9.17) is 11.6 Å². The normalized spacial score (nSPS) is 15.2. The molecule has 7 heteroatoms. The van der Waals surface area contributed by atoms with Crippen molar-refractivity contribution in [2.75, 3.05) is 31.1 Å². The third-order valence-corrected chi connectivity index (χ3v) is 5.41. The van der Waals surface area contributed by atoms with Crippen molar-refractivity contribution in [2.45, 2.75) is 6.54 Å². The summed E-state index contributed by atoms with van der Waals surface area (Å²) in [6, 6.07) is 16.9. The van der Waals surface area contributed by atoms with Gasteiger partial charge in [-0.2, -0.15) is 0 Å². The molecular formula is C20H20ClN4O2+. The first kappa shape index (κ1) is 17.7. The van der Waals surface area contributed by atoms with Gasteiger partial charge in [0.1, 0.15) is 11.7 Å². The van der Waals surface area contributed by atoms with Crippen LogP contribution in [-0.4, -0.2) is 36.1 Å². The van der Waals surface area contributed by atoms with Crippen molar-refractivity contribution in [2.24, 2.45) is 0 Å². The number of rotatable bonds is 4. The van der Waals surface area contributed by atoms with E-state index < -0.39 is 0 Å². The highest BCUT2D eigenvalue weighted by Crippen LogP contribution is 2.21. The first-order valence-corrected chi connectivity index (χ1v) is 9.35. The van der Waals surface area contributed by atoms with Gasteiger partial charge in [-0.15, -0.1) is 0 Å². The Morgan fingerprint density at radius 1 is 1.11 bits per heavy atom. The number of nitro groups is 1. The standard InChI is InChI=1S/C20H19ClN4O2/c21-20-16(13-15-3-1-2-4-19(15)22-20)14-23-9-11-24(12-10-23)17-5-7-18(8-6-17)25(26)27/h1-8,13H,9-12,14H2/p+1. The van der Waals surface area contributed by atoms with Crippen molar-refractivity contribution < 1.29 is 9.82 Å². The molecule has 3 aromatic rings. The fraction of sp³-hybridized carbons (Fsp3) is 0.250. The fourth-order valence-electron chi connectivity index (χ4n) is 3.57. The molecule has 27 heavy (non-hydrogen) atoms. The van der Waals surface area contributed by atoms with E-state index in [9.17, 15) is 10.1 Å². The summed E-state index contributed by atoms with van der Waals surface area (Å²) in [5.41, 5.74) is 3.16. The van der Waals surface area contributed by atoms with E-state index in [0.717, 1.165) is 54.9 Å². The minimum absolute atomic E-state index is 0.126. The van der Waals surface area contributed by atoms with E-state index >= 15 is 0 Å². The molecule has 0 spiro atoms. The molecule has 1 N–H and O–H groups in total. The number of para-hydroxylation sites is 1. The number of aromatic nitrogens is 1. The Morgan fingerprint density at radius 3 is 2.52 bits per heavy atom. The number of nitro benzene ring substituents is 1. The molecule has 0 radical (unpaired) electrons. The maximum Gasteiger partial charge on any atom is 0.269 e. The summed E-state index contributed by atoms with van der Waals surface area (Å²) in [7, 11) is 0. The number of halogens is 1. The smallest absolute Gasteiger partial charge is 0.269 e. The Morgan fingerprint density at radius 2 is 1.81 bits per heavy atom. The van der Waals surface area contributed by atoms with Gasteiger partial charge in [-0.3, -0.25) is 10.1 Å². The lowest BCUT2D eigenvalue weighted by molar-refractivity contribution is -0.914. The van der Waals surface area contributed by atoms with Crippen LogP contribution >= 0.6 is 11.6 Å². The van der Waals surface area contributed by atoms with Crippen LogP contribution in [-0.2, 0) is 6.54 Å². The number of hydrogen-bond donors (Lipinski definition) is 1. The van der Waals surface area contributed by atoms with Gasteiger partial charge in [-0.25, -0.2) is 4.98 Å². The van der Waals surface area contributed by atoms with Crippen molar-refractivity contribution in [3.05, 3.63) is 75.4 Å². The molecule has 138 valence electrons. The van der Waals surface area contributed by atoms with Gasteiger partial charge in [0.2, 0.25) is 0 Å². The lowest BCUT2D eigenvalue weighted by atomic mass is 10.1. The van der Waals surface area contributed by atoms with Gasteiger partial charge in [-0.05, 0) is 24.3 Å². The second-order valence-corrected chi connectivity index (χ2v) is 7.18. The highest BCUT2D eigenvalue weighted by Gasteiger charge is 2.22. The van der Waals surface area contributed by atoms with E-state index in [1.165, 1.54) is 4.90 Å². The quantitative estimate of drug-likeness (QED) is 0.427. The minimum Gasteiger partial charge on any atom is -0.360 e. The summed E-state index contributed by atoms with van der Waals surface area (Å²) in [5.74, 6) is 0. The van der Waals surface area contributed by atoms with Crippen molar-refractivity contribution in [3.63, 3.8) is 0 Å². The molecule has 1 fully saturated rings. The van der Waals surface area contributed by atoms with E-state index in [-0.39, 0.29) is 10.6 Å². The van der Waals surface area contributed by atoms with Crippen LogP contribution in [0.5, 0.6) is 0 Å². The molecule has 1 aliphatic heterocycles. The minimum atomic E-state index is -0.368. The maximum atomic E-state index is 10.8. The van der Waals surface area contributed by atoms with Gasteiger partial charge >= 0.3 is 0 Å². The molecule has 1 saturated heterocycles. The van der Waals surface area contributed by atoms with Crippen LogP contribution in [0.3, 0.4) is 0 Å². The molecule has 0 bridgehead atoms. The zero-order valence-corrected chi connectivity index (χ0v) is 15.5. The van der Waals surface area contributed by atoms with E-state index in [0.29, 0.717) is 5.15 Å². The summed E-state index contributed by atoms with van der Waals surface area (Å²) in [5, 5.41) is 12.5. The zero-order chi connectivity index (χ0) is 18.8. The van der Waals surface area contributed by atoms with Crippen LogP contribution in [0.25, 0.3) is 10.9 Å². The fourth-order valence-corrected chi connectivity index (χ4v) is 3.79. The molecule has 1 aliphatic rings. The number of nitrogens with one attached hydrogen (secondary N) is 1. The molecule has 1 aromatic heterocycles. The number of nitrogens with zero attached hydrogens (tertiary/aromatic N) is 3. The third-order valence-electron chi connectivity index (χ3n) is 5.09. The zero-order valence-electron chi connectivity index (χ0n) is 14.8. The number of hydrogen-bond acceptors (Lipinski definition) is 4. The van der Waals surface area contributed by atoms with Crippen molar-refractivity contribution in [1.29, 1.82) is 0 Å². The molecular weight excluding hydrogens is 364 g/mol. The second kappa shape index (κ2) is 7.50. The maximum absolute atomic E-state index is 10.8. The SMILES string of the molecule is O=[N+]([O-])c1ccc(N2CC[NH+](Cc3cc4ccccc4nc3Cl)CC2)cc1. The lowest BCUT2D eigenvalue weighted by Gasteiger charge is -2.33. The average Bonchev–Trinajstić information content (AvgIpc) is 2.69. The largest absolute Gasteiger partial charge is 0.360 e. The van der Waals surface area contributed by atoms with E-state index in [1.807, 2.05) is 30.3 Å². The van der Waals surface area contributed by atoms with Gasteiger partial charge in [0, 0.05) is 28.8 Å². The number of benzene rings is 2. The number of anilines is 1. The molecule has 0 atom stereocenters. The molecule has 0 unspecified atom stereocenters. The predicted octanol–water partition coefficient (Wildman–Crippen LogP) is 2.70. The van der Waals surface area contributed by atoms with E-state index in [2.05, 4.69) is 22.0 Å².